The second-order valence-electron chi connectivity index (χ2n) is 7.16. The molecule has 2 amide bonds. The van der Waals surface area contributed by atoms with Gasteiger partial charge in [0.1, 0.15) is 0 Å². The molecule has 2 fully saturated rings. The van der Waals surface area contributed by atoms with E-state index in [-0.39, 0.29) is 22.8 Å². The Kier molecular flexibility index (Phi) is 6.16. The molecule has 8 heteroatoms. The molecule has 0 atom stereocenters. The fraction of sp³-hybridized carbons (Fsp3) is 0.579. The number of sulfonamides is 1. The molecule has 1 aromatic rings. The van der Waals surface area contributed by atoms with Gasteiger partial charge in [-0.15, -0.1) is 0 Å². The molecule has 1 heterocycles. The first-order chi connectivity index (χ1) is 12.9. The van der Waals surface area contributed by atoms with Gasteiger partial charge in [-0.25, -0.2) is 13.1 Å². The van der Waals surface area contributed by atoms with Crippen LogP contribution in [0.4, 0.5) is 0 Å². The maximum atomic E-state index is 12.8. The molecule has 3 rings (SSSR count). The number of hydrogen-bond acceptors (Lipinski definition) is 4. The quantitative estimate of drug-likeness (QED) is 0.823. The van der Waals surface area contributed by atoms with Crippen molar-refractivity contribution in [2.24, 2.45) is 0 Å². The summed E-state index contributed by atoms with van der Waals surface area (Å²) < 4.78 is 28.0. The molecule has 0 unspecified atom stereocenters. The molecule has 27 heavy (non-hydrogen) atoms. The van der Waals surface area contributed by atoms with Crippen LogP contribution in [0.15, 0.2) is 29.2 Å². The van der Waals surface area contributed by atoms with E-state index in [2.05, 4.69) is 4.72 Å². The first kappa shape index (κ1) is 19.8. The lowest BCUT2D eigenvalue weighted by Gasteiger charge is -2.34. The van der Waals surface area contributed by atoms with Crippen LogP contribution in [0.1, 0.15) is 49.4 Å². The van der Waals surface area contributed by atoms with Crippen LogP contribution >= 0.6 is 0 Å². The minimum absolute atomic E-state index is 0.0152. The van der Waals surface area contributed by atoms with Gasteiger partial charge < -0.3 is 9.80 Å². The van der Waals surface area contributed by atoms with Gasteiger partial charge in [0.05, 0.1) is 4.90 Å². The lowest BCUT2D eigenvalue weighted by molar-refractivity contribution is -0.132. The third-order valence-corrected chi connectivity index (χ3v) is 6.81. The van der Waals surface area contributed by atoms with Crippen LogP contribution in [0, 0.1) is 0 Å². The number of rotatable bonds is 5. The smallest absolute Gasteiger partial charge is 0.254 e. The highest BCUT2D eigenvalue weighted by Crippen LogP contribution is 2.21. The number of carbonyl (C=O) groups is 2. The summed E-state index contributed by atoms with van der Waals surface area (Å²) in [6.45, 7) is 3.77. The summed E-state index contributed by atoms with van der Waals surface area (Å²) in [4.78, 5) is 28.1. The van der Waals surface area contributed by atoms with Crippen LogP contribution < -0.4 is 4.72 Å². The maximum Gasteiger partial charge on any atom is 0.254 e. The zero-order chi connectivity index (χ0) is 19.4. The monoisotopic (exact) mass is 393 g/mol. The number of benzene rings is 1. The number of amides is 2. The van der Waals surface area contributed by atoms with Gasteiger partial charge in [0.15, 0.2) is 0 Å². The van der Waals surface area contributed by atoms with Gasteiger partial charge in [-0.3, -0.25) is 9.59 Å². The third-order valence-electron chi connectivity index (χ3n) is 5.29. The number of hydrogen-bond donors (Lipinski definition) is 1. The topological polar surface area (TPSA) is 86.8 Å². The Bertz CT molecular complexity index is 795. The largest absolute Gasteiger partial charge is 0.339 e. The second-order valence-corrected chi connectivity index (χ2v) is 8.87. The van der Waals surface area contributed by atoms with E-state index in [1.807, 2.05) is 6.92 Å². The highest BCUT2D eigenvalue weighted by atomic mass is 32.2. The summed E-state index contributed by atoms with van der Waals surface area (Å²) >= 11 is 0. The van der Waals surface area contributed by atoms with Gasteiger partial charge in [-0.1, -0.05) is 25.8 Å². The van der Waals surface area contributed by atoms with Gasteiger partial charge >= 0.3 is 0 Å². The van der Waals surface area contributed by atoms with Crippen molar-refractivity contribution >= 4 is 21.8 Å². The molecular weight excluding hydrogens is 366 g/mol. The van der Waals surface area contributed by atoms with Crippen molar-refractivity contribution in [3.05, 3.63) is 29.8 Å². The summed E-state index contributed by atoms with van der Waals surface area (Å²) in [5.41, 5.74) is 0.361. The van der Waals surface area contributed by atoms with Gasteiger partial charge in [-0.2, -0.15) is 0 Å². The molecule has 1 saturated carbocycles. The Labute approximate surface area is 160 Å². The molecule has 0 bridgehead atoms. The average molecular weight is 394 g/mol. The second kappa shape index (κ2) is 8.39. The fourth-order valence-electron chi connectivity index (χ4n) is 3.69. The standard InChI is InChI=1S/C19H27N3O4S/c1-2-18(23)21-10-12-22(13-11-21)19(24)15-6-5-9-17(14-15)27(25,26)20-16-7-3-4-8-16/h5-6,9,14,16,20H,2-4,7-8,10-13H2,1H3. The molecule has 1 saturated heterocycles. The summed E-state index contributed by atoms with van der Waals surface area (Å²) in [6, 6.07) is 6.20. The van der Waals surface area contributed by atoms with Gasteiger partial charge in [0.25, 0.3) is 5.91 Å². The number of nitrogens with one attached hydrogen (secondary N) is 1. The lowest BCUT2D eigenvalue weighted by Crippen LogP contribution is -2.50. The Morgan fingerprint density at radius 3 is 2.33 bits per heavy atom. The fourth-order valence-corrected chi connectivity index (χ4v) is 5.04. The maximum absolute atomic E-state index is 12.8. The minimum atomic E-state index is -3.63. The minimum Gasteiger partial charge on any atom is -0.339 e. The van der Waals surface area contributed by atoms with E-state index in [1.54, 1.807) is 21.9 Å². The number of piperazine rings is 1. The first-order valence-electron chi connectivity index (χ1n) is 9.60. The zero-order valence-electron chi connectivity index (χ0n) is 15.7. The Balaban J connectivity index is 1.68. The third kappa shape index (κ3) is 4.68. The molecule has 1 aliphatic heterocycles. The molecule has 148 valence electrons. The highest BCUT2D eigenvalue weighted by Gasteiger charge is 2.26. The summed E-state index contributed by atoms with van der Waals surface area (Å²) in [5.74, 6) is -0.107. The van der Waals surface area contributed by atoms with E-state index >= 15 is 0 Å². The molecule has 2 aliphatic rings. The Morgan fingerprint density at radius 2 is 1.70 bits per heavy atom. The predicted octanol–water partition coefficient (Wildman–Crippen LogP) is 1.60. The molecule has 1 aliphatic carbocycles. The number of nitrogens with zero attached hydrogens (tertiary/aromatic N) is 2. The number of carbonyl (C=O) groups excluding carboxylic acids is 2. The SMILES string of the molecule is CCC(=O)N1CCN(C(=O)c2cccc(S(=O)(=O)NC3CCCC3)c2)CC1. The van der Waals surface area contributed by atoms with Crippen LogP contribution in [-0.2, 0) is 14.8 Å². The van der Waals surface area contributed by atoms with E-state index in [0.717, 1.165) is 25.7 Å². The molecule has 0 spiro atoms. The van der Waals surface area contributed by atoms with E-state index < -0.39 is 10.0 Å². The van der Waals surface area contributed by atoms with Crippen molar-refractivity contribution < 1.29 is 18.0 Å². The molecule has 7 nitrogen and oxygen atoms in total. The molecule has 1 N–H and O–H groups in total. The van der Waals surface area contributed by atoms with Gasteiger partial charge in [0, 0.05) is 44.2 Å². The normalized spacial score (nSPS) is 18.7. The average Bonchev–Trinajstić information content (AvgIpc) is 3.19. The van der Waals surface area contributed by atoms with Crippen LogP contribution in [0.5, 0.6) is 0 Å². The van der Waals surface area contributed by atoms with E-state index in [1.165, 1.54) is 12.1 Å². The van der Waals surface area contributed by atoms with Crippen LogP contribution in [-0.4, -0.2) is 62.3 Å². The Morgan fingerprint density at radius 1 is 1.07 bits per heavy atom. The summed E-state index contributed by atoms with van der Waals surface area (Å²) in [5, 5.41) is 0. The van der Waals surface area contributed by atoms with Crippen molar-refractivity contribution in [3.63, 3.8) is 0 Å². The van der Waals surface area contributed by atoms with Crippen molar-refractivity contribution in [3.8, 4) is 0 Å². The van der Waals surface area contributed by atoms with Gasteiger partial charge in [0.2, 0.25) is 15.9 Å². The predicted molar refractivity (Wildman–Crippen MR) is 102 cm³/mol. The summed E-state index contributed by atoms with van der Waals surface area (Å²) in [7, 11) is -3.63. The van der Waals surface area contributed by atoms with Gasteiger partial charge in [-0.05, 0) is 31.0 Å². The van der Waals surface area contributed by atoms with Crippen LogP contribution in [0.2, 0.25) is 0 Å². The highest BCUT2D eigenvalue weighted by molar-refractivity contribution is 7.89. The van der Waals surface area contributed by atoms with Crippen molar-refractivity contribution in [1.82, 2.24) is 14.5 Å². The summed E-state index contributed by atoms with van der Waals surface area (Å²) in [6.07, 6.45) is 4.26. The van der Waals surface area contributed by atoms with Crippen molar-refractivity contribution in [1.29, 1.82) is 0 Å². The van der Waals surface area contributed by atoms with Crippen LogP contribution in [0.3, 0.4) is 0 Å². The zero-order valence-corrected chi connectivity index (χ0v) is 16.5. The first-order valence-corrected chi connectivity index (χ1v) is 11.1. The van der Waals surface area contributed by atoms with E-state index in [4.69, 9.17) is 0 Å². The van der Waals surface area contributed by atoms with E-state index in [0.29, 0.717) is 38.2 Å². The van der Waals surface area contributed by atoms with Crippen molar-refractivity contribution in [2.75, 3.05) is 26.2 Å². The van der Waals surface area contributed by atoms with E-state index in [9.17, 15) is 18.0 Å². The molecule has 1 aromatic carbocycles. The van der Waals surface area contributed by atoms with Crippen molar-refractivity contribution in [2.45, 2.75) is 50.0 Å². The Hall–Kier alpha value is -1.93. The molecule has 0 radical (unpaired) electrons. The molecular formula is C19H27N3O4S. The lowest BCUT2D eigenvalue weighted by atomic mass is 10.2. The molecule has 0 aromatic heterocycles. The van der Waals surface area contributed by atoms with Crippen LogP contribution in [0.25, 0.3) is 0 Å².